The van der Waals surface area contributed by atoms with Gasteiger partial charge in [0.1, 0.15) is 18.3 Å². The van der Waals surface area contributed by atoms with Crippen molar-refractivity contribution in [1.82, 2.24) is 20.9 Å². The van der Waals surface area contributed by atoms with Crippen molar-refractivity contribution >= 4 is 16.8 Å². The first-order valence-electron chi connectivity index (χ1n) is 13.8. The minimum absolute atomic E-state index is 0.0477. The quantitative estimate of drug-likeness (QED) is 0.137. The van der Waals surface area contributed by atoms with Crippen molar-refractivity contribution in [3.8, 4) is 0 Å². The maximum absolute atomic E-state index is 13.0. The fourth-order valence-corrected chi connectivity index (χ4v) is 6.04. The monoisotopic (exact) mass is 562 g/mol. The molecule has 1 aromatic carbocycles. The molecule has 1 aromatic heterocycles. The summed E-state index contributed by atoms with van der Waals surface area (Å²) < 4.78 is 11.8. The van der Waals surface area contributed by atoms with Gasteiger partial charge in [-0.25, -0.2) is 0 Å². The molecule has 1 unspecified atom stereocenters. The lowest BCUT2D eigenvalue weighted by molar-refractivity contribution is -0.279. The third-order valence-corrected chi connectivity index (χ3v) is 8.36. The van der Waals surface area contributed by atoms with E-state index < -0.39 is 61.0 Å². The first-order valence-corrected chi connectivity index (χ1v) is 13.8. The number of hydrogen-bond donors (Lipinski definition) is 11. The second-order valence-electron chi connectivity index (χ2n) is 11.0. The van der Waals surface area contributed by atoms with Crippen molar-refractivity contribution in [1.29, 1.82) is 0 Å². The molecule has 1 saturated carbocycles. The molecule has 0 spiro atoms. The Morgan fingerprint density at radius 3 is 2.62 bits per heavy atom. The molecule has 40 heavy (non-hydrogen) atoms. The number of amides is 1. The molecule has 0 bridgehead atoms. The number of carbonyl (C=O) groups is 1. The summed E-state index contributed by atoms with van der Waals surface area (Å²) in [6, 6.07) is 4.76. The number of aliphatic hydroxyl groups excluding tert-OH is 3. The number of carbonyl (C=O) groups excluding carboxylic acids is 1. The van der Waals surface area contributed by atoms with Gasteiger partial charge in [0.25, 0.3) is 0 Å². The summed E-state index contributed by atoms with van der Waals surface area (Å²) in [6.07, 6.45) is -5.46. The molecule has 2 aliphatic heterocycles. The first-order chi connectivity index (χ1) is 19.2. The number of fused-ring (bicyclic) bond motifs is 3. The molecule has 222 valence electrons. The van der Waals surface area contributed by atoms with E-state index in [1.165, 1.54) is 0 Å². The molecule has 2 fully saturated rings. The van der Waals surface area contributed by atoms with Gasteiger partial charge in [0.2, 0.25) is 5.91 Å². The highest BCUT2D eigenvalue weighted by molar-refractivity contribution is 5.88. The summed E-state index contributed by atoms with van der Waals surface area (Å²) in [5.74, 6) is -0.120. The van der Waals surface area contributed by atoms with Crippen molar-refractivity contribution in [2.45, 2.75) is 86.4 Å². The highest BCUT2D eigenvalue weighted by Crippen LogP contribution is 2.28. The summed E-state index contributed by atoms with van der Waals surface area (Å²) in [5.41, 5.74) is 27.5. The number of para-hydroxylation sites is 1. The second-order valence-corrected chi connectivity index (χ2v) is 11.0. The summed E-state index contributed by atoms with van der Waals surface area (Å²) in [4.78, 5) is 16.4. The molecule has 3 heterocycles. The van der Waals surface area contributed by atoms with Gasteiger partial charge in [0.15, 0.2) is 6.29 Å². The Morgan fingerprint density at radius 1 is 1.07 bits per heavy atom. The predicted molar refractivity (Wildman–Crippen MR) is 147 cm³/mol. The van der Waals surface area contributed by atoms with E-state index in [1.54, 1.807) is 0 Å². The van der Waals surface area contributed by atoms with Crippen LogP contribution in [0.3, 0.4) is 0 Å². The number of nitrogens with two attached hydrogens (primary N) is 4. The second kappa shape index (κ2) is 12.3. The molecule has 1 amide bonds. The van der Waals surface area contributed by atoms with Crippen LogP contribution in [0.25, 0.3) is 10.9 Å². The van der Waals surface area contributed by atoms with Gasteiger partial charge in [0.05, 0.1) is 30.3 Å². The Kier molecular flexibility index (Phi) is 9.04. The topological polar surface area (TPSA) is 252 Å². The van der Waals surface area contributed by atoms with E-state index in [9.17, 15) is 20.1 Å². The summed E-state index contributed by atoms with van der Waals surface area (Å²) in [6.45, 7) is 1.12. The molecular weight excluding hydrogens is 520 g/mol. The van der Waals surface area contributed by atoms with E-state index in [0.29, 0.717) is 19.5 Å². The SMILES string of the molecule is NC[C@H]1O[C@@H](O[C@H]2[C@@H](NCCNC(=O)C3Cc4c([nH]c5ccccc45)CN3)[C@@H](O)[C@H](N)C[C@@H]2N)[C@H](N)[C@@H](O)[C@@H]1O. The number of rotatable bonds is 8. The molecule has 1 aliphatic carbocycles. The summed E-state index contributed by atoms with van der Waals surface area (Å²) in [7, 11) is 0. The van der Waals surface area contributed by atoms with E-state index in [1.807, 2.05) is 18.2 Å². The number of hydrogen-bond acceptors (Lipinski definition) is 12. The van der Waals surface area contributed by atoms with Gasteiger partial charge in [-0.2, -0.15) is 0 Å². The number of nitrogens with one attached hydrogen (secondary N) is 4. The number of H-pyrrole nitrogens is 1. The zero-order valence-corrected chi connectivity index (χ0v) is 22.3. The molecule has 11 atom stereocenters. The van der Waals surface area contributed by atoms with E-state index in [0.717, 1.165) is 22.2 Å². The zero-order valence-electron chi connectivity index (χ0n) is 22.3. The zero-order chi connectivity index (χ0) is 28.6. The van der Waals surface area contributed by atoms with Crippen LogP contribution in [0, 0.1) is 0 Å². The normalized spacial score (nSPS) is 38.2. The van der Waals surface area contributed by atoms with Crippen molar-refractivity contribution in [3.63, 3.8) is 0 Å². The van der Waals surface area contributed by atoms with E-state index in [4.69, 9.17) is 32.4 Å². The van der Waals surface area contributed by atoms with Gasteiger partial charge in [0, 0.05) is 54.9 Å². The van der Waals surface area contributed by atoms with Gasteiger partial charge in [-0.3, -0.25) is 10.1 Å². The molecular formula is C26H42N8O6. The Morgan fingerprint density at radius 2 is 1.85 bits per heavy atom. The van der Waals surface area contributed by atoms with Gasteiger partial charge in [-0.15, -0.1) is 0 Å². The highest BCUT2D eigenvalue weighted by Gasteiger charge is 2.48. The van der Waals surface area contributed by atoms with Gasteiger partial charge in [-0.05, 0) is 24.5 Å². The average Bonchev–Trinajstić information content (AvgIpc) is 3.33. The third kappa shape index (κ3) is 5.75. The van der Waals surface area contributed by atoms with Crippen LogP contribution in [-0.4, -0.2) is 113 Å². The number of aromatic nitrogens is 1. The van der Waals surface area contributed by atoms with E-state index >= 15 is 0 Å². The maximum Gasteiger partial charge on any atom is 0.237 e. The number of ether oxygens (including phenoxy) is 2. The maximum atomic E-state index is 13.0. The van der Waals surface area contributed by atoms with Crippen molar-refractivity contribution < 1.29 is 29.6 Å². The van der Waals surface area contributed by atoms with Crippen LogP contribution in [-0.2, 0) is 27.2 Å². The molecule has 1 saturated heterocycles. The standard InChI is InChI=1S/C26H42N8O6/c27-9-18-22(36)23(37)19(30)26(39-18)40-24-14(29)8-13(28)21(35)20(24)31-5-6-32-25(38)16-7-12-11-3-1-2-4-15(11)34-17(12)10-33-16/h1-4,13-14,16,18-24,26,31,33-37H,5-10,27-30H2,(H,32,38)/t13-,14+,16?,18-,19-,20+,21+,22-,23-,24-,26+/m1/s1. The molecule has 0 radical (unpaired) electrons. The summed E-state index contributed by atoms with van der Waals surface area (Å²) >= 11 is 0. The van der Waals surface area contributed by atoms with Crippen LogP contribution in [0.1, 0.15) is 17.7 Å². The van der Waals surface area contributed by atoms with Crippen LogP contribution in [0.5, 0.6) is 0 Å². The highest BCUT2D eigenvalue weighted by atomic mass is 16.7. The molecule has 14 heteroatoms. The van der Waals surface area contributed by atoms with Crippen LogP contribution >= 0.6 is 0 Å². The lowest BCUT2D eigenvalue weighted by Crippen LogP contribution is -2.70. The first kappa shape index (κ1) is 29.3. The van der Waals surface area contributed by atoms with Crippen molar-refractivity contribution in [2.24, 2.45) is 22.9 Å². The average molecular weight is 563 g/mol. The molecule has 2 aromatic rings. The Labute approximate surface area is 232 Å². The minimum Gasteiger partial charge on any atom is -0.390 e. The third-order valence-electron chi connectivity index (χ3n) is 8.36. The smallest absolute Gasteiger partial charge is 0.237 e. The Bertz CT molecular complexity index is 1170. The lowest BCUT2D eigenvalue weighted by atomic mass is 9.82. The summed E-state index contributed by atoms with van der Waals surface area (Å²) in [5, 5.41) is 42.0. The molecule has 15 N–H and O–H groups in total. The van der Waals surface area contributed by atoms with E-state index in [2.05, 4.69) is 27.0 Å². The largest absolute Gasteiger partial charge is 0.390 e. The van der Waals surface area contributed by atoms with Crippen molar-refractivity contribution in [2.75, 3.05) is 19.6 Å². The number of aromatic amines is 1. The lowest BCUT2D eigenvalue weighted by Gasteiger charge is -2.47. The molecule has 3 aliphatic rings. The fourth-order valence-electron chi connectivity index (χ4n) is 6.04. The molecule has 5 rings (SSSR count). The van der Waals surface area contributed by atoms with Crippen molar-refractivity contribution in [3.05, 3.63) is 35.5 Å². The Balaban J connectivity index is 1.17. The minimum atomic E-state index is -1.31. The Hall–Kier alpha value is -2.21. The van der Waals surface area contributed by atoms with Crippen LogP contribution in [0.15, 0.2) is 24.3 Å². The van der Waals surface area contributed by atoms with Gasteiger partial charge >= 0.3 is 0 Å². The van der Waals surface area contributed by atoms with Gasteiger partial charge in [-0.1, -0.05) is 18.2 Å². The number of aliphatic hydroxyl groups is 3. The molecule has 14 nitrogen and oxygen atoms in total. The van der Waals surface area contributed by atoms with Crippen LogP contribution in [0.2, 0.25) is 0 Å². The van der Waals surface area contributed by atoms with Crippen LogP contribution < -0.4 is 38.9 Å². The fraction of sp³-hybridized carbons (Fsp3) is 0.654. The van der Waals surface area contributed by atoms with E-state index in [-0.39, 0.29) is 31.5 Å². The van der Waals surface area contributed by atoms with Gasteiger partial charge < -0.3 is 63.3 Å². The van der Waals surface area contributed by atoms with Crippen LogP contribution in [0.4, 0.5) is 0 Å². The number of benzene rings is 1. The predicted octanol–water partition coefficient (Wildman–Crippen LogP) is -4.21.